The van der Waals surface area contributed by atoms with Crippen molar-refractivity contribution in [3.8, 4) is 5.75 Å². The van der Waals surface area contributed by atoms with Gasteiger partial charge in [0, 0.05) is 11.3 Å². The molecule has 1 aromatic heterocycles. The number of thiazole rings is 1. The third-order valence-corrected chi connectivity index (χ3v) is 3.64. The number of aromatic hydroxyl groups is 1. The highest BCUT2D eigenvalue weighted by molar-refractivity contribution is 7.22. The third-order valence-electron chi connectivity index (χ3n) is 2.79. The highest BCUT2D eigenvalue weighted by Crippen LogP contribution is 2.25. The second kappa shape index (κ2) is 4.82. The normalized spacial score (nSPS) is 10.6. The van der Waals surface area contributed by atoms with Crippen LogP contribution < -0.4 is 11.1 Å². The van der Waals surface area contributed by atoms with Gasteiger partial charge in [-0.25, -0.2) is 4.98 Å². The molecule has 0 aliphatic carbocycles. The predicted octanol–water partition coefficient (Wildman–Crippen LogP) is 2.84. The average molecular weight is 285 g/mol. The summed E-state index contributed by atoms with van der Waals surface area (Å²) in [5.41, 5.74) is 7.58. The van der Waals surface area contributed by atoms with Gasteiger partial charge in [0.1, 0.15) is 5.75 Å². The zero-order chi connectivity index (χ0) is 14.1. The van der Waals surface area contributed by atoms with Crippen LogP contribution in [0.25, 0.3) is 10.2 Å². The summed E-state index contributed by atoms with van der Waals surface area (Å²) in [5.74, 6) is -0.0610. The first-order valence-electron chi connectivity index (χ1n) is 5.88. The van der Waals surface area contributed by atoms with Crippen LogP contribution in [-0.4, -0.2) is 16.0 Å². The molecule has 0 fully saturated rings. The number of nitrogens with one attached hydrogen (secondary N) is 1. The molecular formula is C14H11N3O2S. The number of amides is 1. The average Bonchev–Trinajstić information content (AvgIpc) is 2.80. The maximum atomic E-state index is 12.1. The summed E-state index contributed by atoms with van der Waals surface area (Å²) < 4.78 is 0.876. The topological polar surface area (TPSA) is 88.2 Å². The van der Waals surface area contributed by atoms with Gasteiger partial charge < -0.3 is 16.2 Å². The molecule has 3 aromatic rings. The van der Waals surface area contributed by atoms with Gasteiger partial charge >= 0.3 is 0 Å². The van der Waals surface area contributed by atoms with E-state index in [1.54, 1.807) is 30.3 Å². The zero-order valence-electron chi connectivity index (χ0n) is 10.3. The molecule has 0 atom stereocenters. The van der Waals surface area contributed by atoms with Crippen molar-refractivity contribution >= 4 is 38.3 Å². The Labute approximate surface area is 118 Å². The number of nitrogen functional groups attached to an aromatic ring is 1. The van der Waals surface area contributed by atoms with E-state index in [9.17, 15) is 9.90 Å². The van der Waals surface area contributed by atoms with E-state index in [2.05, 4.69) is 10.3 Å². The number of carbonyl (C=O) groups excluding carboxylic acids is 1. The lowest BCUT2D eigenvalue weighted by Gasteiger charge is -2.05. The molecule has 20 heavy (non-hydrogen) atoms. The minimum Gasteiger partial charge on any atom is -0.508 e. The molecule has 2 aromatic carbocycles. The van der Waals surface area contributed by atoms with Crippen LogP contribution in [0.4, 0.5) is 10.8 Å². The van der Waals surface area contributed by atoms with E-state index < -0.39 is 0 Å². The van der Waals surface area contributed by atoms with Gasteiger partial charge in [0.2, 0.25) is 0 Å². The van der Waals surface area contributed by atoms with Crippen LogP contribution in [0.15, 0.2) is 42.5 Å². The van der Waals surface area contributed by atoms with E-state index in [1.807, 2.05) is 0 Å². The van der Waals surface area contributed by atoms with Crippen molar-refractivity contribution in [2.24, 2.45) is 0 Å². The lowest BCUT2D eigenvalue weighted by atomic mass is 10.2. The number of fused-ring (bicyclic) bond motifs is 1. The Morgan fingerprint density at radius 2 is 1.95 bits per heavy atom. The second-order valence-electron chi connectivity index (χ2n) is 4.24. The molecule has 5 nitrogen and oxygen atoms in total. The van der Waals surface area contributed by atoms with E-state index in [1.165, 1.54) is 23.5 Å². The first-order valence-corrected chi connectivity index (χ1v) is 6.70. The first kappa shape index (κ1) is 12.4. The van der Waals surface area contributed by atoms with Crippen molar-refractivity contribution in [1.29, 1.82) is 0 Å². The highest BCUT2D eigenvalue weighted by atomic mass is 32.1. The van der Waals surface area contributed by atoms with Crippen molar-refractivity contribution in [2.45, 2.75) is 0 Å². The second-order valence-corrected chi connectivity index (χ2v) is 5.30. The lowest BCUT2D eigenvalue weighted by Crippen LogP contribution is -2.11. The lowest BCUT2D eigenvalue weighted by molar-refractivity contribution is 0.102. The number of phenols is 1. The quantitative estimate of drug-likeness (QED) is 0.632. The molecule has 4 N–H and O–H groups in total. The first-order chi connectivity index (χ1) is 9.61. The zero-order valence-corrected chi connectivity index (χ0v) is 11.1. The van der Waals surface area contributed by atoms with Crippen LogP contribution in [0.3, 0.4) is 0 Å². The van der Waals surface area contributed by atoms with E-state index in [0.29, 0.717) is 16.4 Å². The smallest absolute Gasteiger partial charge is 0.255 e. The van der Waals surface area contributed by atoms with Gasteiger partial charge in [-0.2, -0.15) is 0 Å². The standard InChI is InChI=1S/C14H11N3O2S/c15-14-17-11-6-1-8(7-12(11)20-14)13(19)16-9-2-4-10(18)5-3-9/h1-7,18H,(H2,15,17)(H,16,19). The molecule has 0 saturated carbocycles. The number of carbonyl (C=O) groups is 1. The fourth-order valence-corrected chi connectivity index (χ4v) is 2.61. The number of rotatable bonds is 2. The van der Waals surface area contributed by atoms with Gasteiger partial charge in [0.05, 0.1) is 10.2 Å². The molecule has 0 aliphatic heterocycles. The van der Waals surface area contributed by atoms with E-state index in [4.69, 9.17) is 5.73 Å². The minimum absolute atomic E-state index is 0.157. The Bertz CT molecular complexity index is 781. The Morgan fingerprint density at radius 3 is 2.70 bits per heavy atom. The molecule has 1 amide bonds. The van der Waals surface area contributed by atoms with E-state index >= 15 is 0 Å². The summed E-state index contributed by atoms with van der Waals surface area (Å²) in [6.45, 7) is 0. The summed E-state index contributed by atoms with van der Waals surface area (Å²) >= 11 is 1.35. The van der Waals surface area contributed by atoms with Gasteiger partial charge in [-0.1, -0.05) is 11.3 Å². The molecule has 0 unspecified atom stereocenters. The van der Waals surface area contributed by atoms with Crippen LogP contribution >= 0.6 is 11.3 Å². The number of nitrogens with zero attached hydrogens (tertiary/aromatic N) is 1. The van der Waals surface area contributed by atoms with Crippen molar-refractivity contribution in [2.75, 3.05) is 11.1 Å². The van der Waals surface area contributed by atoms with Crippen LogP contribution in [0, 0.1) is 0 Å². The Balaban J connectivity index is 1.86. The summed E-state index contributed by atoms with van der Waals surface area (Å²) in [6, 6.07) is 11.5. The van der Waals surface area contributed by atoms with Gasteiger partial charge in [0.25, 0.3) is 5.91 Å². The number of hydrogen-bond acceptors (Lipinski definition) is 5. The summed E-state index contributed by atoms with van der Waals surface area (Å²) in [6.07, 6.45) is 0. The van der Waals surface area contributed by atoms with Gasteiger partial charge in [-0.05, 0) is 42.5 Å². The number of benzene rings is 2. The Morgan fingerprint density at radius 1 is 1.20 bits per heavy atom. The molecule has 0 aliphatic rings. The fraction of sp³-hybridized carbons (Fsp3) is 0. The van der Waals surface area contributed by atoms with Crippen LogP contribution in [-0.2, 0) is 0 Å². The number of phenolic OH excluding ortho intramolecular Hbond substituents is 1. The van der Waals surface area contributed by atoms with Crippen molar-refractivity contribution in [3.63, 3.8) is 0 Å². The molecule has 100 valence electrons. The van der Waals surface area contributed by atoms with Crippen molar-refractivity contribution in [1.82, 2.24) is 4.98 Å². The summed E-state index contributed by atoms with van der Waals surface area (Å²) in [7, 11) is 0. The molecule has 0 spiro atoms. The highest BCUT2D eigenvalue weighted by Gasteiger charge is 2.09. The minimum atomic E-state index is -0.218. The van der Waals surface area contributed by atoms with Gasteiger partial charge in [-0.3, -0.25) is 4.79 Å². The monoisotopic (exact) mass is 285 g/mol. The third kappa shape index (κ3) is 2.41. The van der Waals surface area contributed by atoms with E-state index in [0.717, 1.165) is 10.2 Å². The SMILES string of the molecule is Nc1nc2ccc(C(=O)Nc3ccc(O)cc3)cc2s1. The molecule has 0 saturated heterocycles. The molecule has 0 radical (unpaired) electrons. The molecule has 1 heterocycles. The number of anilines is 2. The van der Waals surface area contributed by atoms with Crippen LogP contribution in [0.5, 0.6) is 5.75 Å². The number of nitrogens with two attached hydrogens (primary N) is 1. The fourth-order valence-electron chi connectivity index (χ4n) is 1.83. The molecule has 6 heteroatoms. The maximum absolute atomic E-state index is 12.1. The Kier molecular flexibility index (Phi) is 3.00. The molecule has 0 bridgehead atoms. The largest absolute Gasteiger partial charge is 0.508 e. The summed E-state index contributed by atoms with van der Waals surface area (Å²) in [5, 5.41) is 12.4. The summed E-state index contributed by atoms with van der Waals surface area (Å²) in [4.78, 5) is 16.3. The van der Waals surface area contributed by atoms with Gasteiger partial charge in [0.15, 0.2) is 5.13 Å². The maximum Gasteiger partial charge on any atom is 0.255 e. The van der Waals surface area contributed by atoms with Crippen LogP contribution in [0.2, 0.25) is 0 Å². The van der Waals surface area contributed by atoms with Gasteiger partial charge in [-0.15, -0.1) is 0 Å². The molecule has 3 rings (SSSR count). The number of hydrogen-bond donors (Lipinski definition) is 3. The predicted molar refractivity (Wildman–Crippen MR) is 80.1 cm³/mol. The molecular weight excluding hydrogens is 274 g/mol. The van der Waals surface area contributed by atoms with Crippen molar-refractivity contribution in [3.05, 3.63) is 48.0 Å². The Hall–Kier alpha value is -2.60. The van der Waals surface area contributed by atoms with Crippen molar-refractivity contribution < 1.29 is 9.90 Å². The number of aromatic nitrogens is 1. The van der Waals surface area contributed by atoms with E-state index in [-0.39, 0.29) is 11.7 Å². The van der Waals surface area contributed by atoms with Crippen LogP contribution in [0.1, 0.15) is 10.4 Å².